The molecule has 146 valence electrons. The zero-order valence-electron chi connectivity index (χ0n) is 17.0. The summed E-state index contributed by atoms with van der Waals surface area (Å²) in [6, 6.07) is 40.4. The lowest BCUT2D eigenvalue weighted by molar-refractivity contribution is 1.01. The van der Waals surface area contributed by atoms with Gasteiger partial charge in [-0.15, -0.1) is 0 Å². The van der Waals surface area contributed by atoms with Crippen molar-refractivity contribution in [3.63, 3.8) is 0 Å². The zero-order chi connectivity index (χ0) is 20.8. The lowest BCUT2D eigenvalue weighted by atomic mass is 9.82. The fourth-order valence-corrected chi connectivity index (χ4v) is 4.96. The van der Waals surface area contributed by atoms with Gasteiger partial charge in [-0.05, 0) is 50.7 Å². The van der Waals surface area contributed by atoms with Crippen LogP contribution in [0.5, 0.6) is 0 Å². The van der Waals surface area contributed by atoms with Gasteiger partial charge in [0.1, 0.15) is 0 Å². The maximum atomic E-state index is 9.12. The monoisotopic (exact) mass is 395 g/mol. The predicted molar refractivity (Wildman–Crippen MR) is 129 cm³/mol. The summed E-state index contributed by atoms with van der Waals surface area (Å²) in [4.78, 5) is 0. The van der Waals surface area contributed by atoms with Gasteiger partial charge in [-0.1, -0.05) is 103 Å². The number of nitrogens with one attached hydrogen (secondary N) is 1. The van der Waals surface area contributed by atoms with Crippen LogP contribution in [0.2, 0.25) is 0 Å². The molecule has 5 aromatic rings. The molecule has 31 heavy (non-hydrogen) atoms. The van der Waals surface area contributed by atoms with Crippen LogP contribution in [0.3, 0.4) is 0 Å². The molecule has 0 saturated heterocycles. The lowest BCUT2D eigenvalue weighted by Crippen LogP contribution is -2.10. The van der Waals surface area contributed by atoms with E-state index in [4.69, 9.17) is 5.41 Å². The molecular formula is C30H21N. The summed E-state index contributed by atoms with van der Waals surface area (Å²) in [6.45, 7) is 0. The van der Waals surface area contributed by atoms with Crippen molar-refractivity contribution in [3.05, 3.63) is 143 Å². The predicted octanol–water partition coefficient (Wildman–Crippen LogP) is 7.42. The number of fused-ring (bicyclic) bond motifs is 4. The summed E-state index contributed by atoms with van der Waals surface area (Å²) >= 11 is 0. The number of benzene rings is 5. The maximum Gasteiger partial charge on any atom is 0.0687 e. The van der Waals surface area contributed by atoms with Gasteiger partial charge in [-0.3, -0.25) is 5.41 Å². The van der Waals surface area contributed by atoms with E-state index in [1.807, 2.05) is 30.3 Å². The van der Waals surface area contributed by atoms with Crippen LogP contribution < -0.4 is 0 Å². The van der Waals surface area contributed by atoms with E-state index in [0.29, 0.717) is 5.71 Å². The van der Waals surface area contributed by atoms with E-state index < -0.39 is 0 Å². The molecule has 1 aliphatic rings. The van der Waals surface area contributed by atoms with Crippen molar-refractivity contribution in [1.82, 2.24) is 0 Å². The molecule has 1 aliphatic carbocycles. The van der Waals surface area contributed by atoms with Crippen LogP contribution in [0.1, 0.15) is 33.7 Å². The molecule has 0 heterocycles. The van der Waals surface area contributed by atoms with Crippen LogP contribution in [0, 0.1) is 5.41 Å². The van der Waals surface area contributed by atoms with Gasteiger partial charge in [0, 0.05) is 17.0 Å². The minimum absolute atomic E-state index is 0.121. The standard InChI is InChI=1S/C30H21N/c31-30(20-10-2-1-3-11-20)28-19-22-13-5-4-12-21(22)18-27(28)29-25-16-8-6-14-23(25)24-15-7-9-17-26(24)29/h1-19,29,31H. The number of hydrogen-bond acceptors (Lipinski definition) is 1. The summed E-state index contributed by atoms with van der Waals surface area (Å²) in [5.41, 5.74) is 8.96. The van der Waals surface area contributed by atoms with E-state index in [9.17, 15) is 0 Å². The Morgan fingerprint density at radius 2 is 1.03 bits per heavy atom. The molecule has 0 aromatic heterocycles. The van der Waals surface area contributed by atoms with E-state index in [1.165, 1.54) is 38.6 Å². The highest BCUT2D eigenvalue weighted by Gasteiger charge is 2.31. The second-order valence-corrected chi connectivity index (χ2v) is 8.14. The third-order valence-electron chi connectivity index (χ3n) is 6.39. The number of hydrogen-bond donors (Lipinski definition) is 1. The molecule has 0 unspecified atom stereocenters. The van der Waals surface area contributed by atoms with Gasteiger partial charge in [0.25, 0.3) is 0 Å². The van der Waals surface area contributed by atoms with Gasteiger partial charge < -0.3 is 0 Å². The Morgan fingerprint density at radius 3 is 1.68 bits per heavy atom. The van der Waals surface area contributed by atoms with E-state index in [-0.39, 0.29) is 5.92 Å². The molecule has 0 fully saturated rings. The summed E-state index contributed by atoms with van der Waals surface area (Å²) in [6.07, 6.45) is 0. The van der Waals surface area contributed by atoms with Crippen LogP contribution in [0.25, 0.3) is 21.9 Å². The highest BCUT2D eigenvalue weighted by Crippen LogP contribution is 2.49. The molecule has 1 nitrogen and oxygen atoms in total. The van der Waals surface area contributed by atoms with Gasteiger partial charge in [0.05, 0.1) is 5.71 Å². The summed E-state index contributed by atoms with van der Waals surface area (Å²) in [7, 11) is 0. The maximum absolute atomic E-state index is 9.12. The minimum Gasteiger partial charge on any atom is -0.300 e. The lowest BCUT2D eigenvalue weighted by Gasteiger charge is -2.20. The van der Waals surface area contributed by atoms with E-state index in [0.717, 1.165) is 11.1 Å². The van der Waals surface area contributed by atoms with Gasteiger partial charge in [-0.2, -0.15) is 0 Å². The van der Waals surface area contributed by atoms with Crippen molar-refractivity contribution in [2.24, 2.45) is 0 Å². The van der Waals surface area contributed by atoms with Crippen LogP contribution >= 0.6 is 0 Å². The zero-order valence-corrected chi connectivity index (χ0v) is 17.0. The van der Waals surface area contributed by atoms with Crippen molar-refractivity contribution in [3.8, 4) is 11.1 Å². The largest absolute Gasteiger partial charge is 0.300 e. The van der Waals surface area contributed by atoms with Crippen molar-refractivity contribution in [1.29, 1.82) is 5.41 Å². The second kappa shape index (κ2) is 7.07. The summed E-state index contributed by atoms with van der Waals surface area (Å²) < 4.78 is 0. The minimum atomic E-state index is 0.121. The molecule has 5 aromatic carbocycles. The molecule has 0 radical (unpaired) electrons. The molecule has 1 heteroatoms. The molecule has 0 atom stereocenters. The molecule has 0 aliphatic heterocycles. The van der Waals surface area contributed by atoms with E-state index in [1.54, 1.807) is 0 Å². The Hall–Kier alpha value is -3.97. The average molecular weight is 396 g/mol. The van der Waals surface area contributed by atoms with Gasteiger partial charge in [0.15, 0.2) is 0 Å². The van der Waals surface area contributed by atoms with E-state index >= 15 is 0 Å². The van der Waals surface area contributed by atoms with Crippen LogP contribution in [-0.4, -0.2) is 5.71 Å². The fraction of sp³-hybridized carbons (Fsp3) is 0.0333. The SMILES string of the molecule is N=C(c1ccccc1)c1cc2ccccc2cc1C1c2ccccc2-c2ccccc21. The van der Waals surface area contributed by atoms with Crippen molar-refractivity contribution < 1.29 is 0 Å². The summed E-state index contributed by atoms with van der Waals surface area (Å²) in [5.74, 6) is 0.121. The van der Waals surface area contributed by atoms with E-state index in [2.05, 4.69) is 84.9 Å². The summed E-state index contributed by atoms with van der Waals surface area (Å²) in [5, 5.41) is 11.5. The first-order chi connectivity index (χ1) is 15.3. The Bertz CT molecular complexity index is 1400. The third kappa shape index (κ3) is 2.82. The van der Waals surface area contributed by atoms with Crippen molar-refractivity contribution in [2.75, 3.05) is 0 Å². The highest BCUT2D eigenvalue weighted by molar-refractivity contribution is 6.14. The molecule has 0 saturated carbocycles. The molecule has 0 spiro atoms. The Balaban J connectivity index is 1.65. The first-order valence-electron chi connectivity index (χ1n) is 10.7. The van der Waals surface area contributed by atoms with Crippen molar-refractivity contribution >= 4 is 16.5 Å². The normalized spacial score (nSPS) is 12.5. The third-order valence-corrected chi connectivity index (χ3v) is 6.39. The molecular weight excluding hydrogens is 374 g/mol. The first-order valence-corrected chi connectivity index (χ1v) is 10.7. The van der Waals surface area contributed by atoms with Crippen molar-refractivity contribution in [2.45, 2.75) is 5.92 Å². The van der Waals surface area contributed by atoms with Gasteiger partial charge >= 0.3 is 0 Å². The van der Waals surface area contributed by atoms with Crippen LogP contribution in [0.15, 0.2) is 115 Å². The quantitative estimate of drug-likeness (QED) is 0.302. The van der Waals surface area contributed by atoms with Crippen LogP contribution in [-0.2, 0) is 0 Å². The molecule has 0 amide bonds. The highest BCUT2D eigenvalue weighted by atomic mass is 14.4. The topological polar surface area (TPSA) is 23.9 Å². The number of rotatable bonds is 3. The fourth-order valence-electron chi connectivity index (χ4n) is 4.96. The average Bonchev–Trinajstić information content (AvgIpc) is 3.18. The Kier molecular flexibility index (Phi) is 4.07. The molecule has 1 N–H and O–H groups in total. The smallest absolute Gasteiger partial charge is 0.0687 e. The Morgan fingerprint density at radius 1 is 0.516 bits per heavy atom. The first kappa shape index (κ1) is 17.9. The Labute approximate surface area is 182 Å². The van der Waals surface area contributed by atoms with Crippen LogP contribution in [0.4, 0.5) is 0 Å². The molecule has 0 bridgehead atoms. The van der Waals surface area contributed by atoms with Gasteiger partial charge in [0.2, 0.25) is 0 Å². The molecule has 6 rings (SSSR count). The second-order valence-electron chi connectivity index (χ2n) is 8.14. The van der Waals surface area contributed by atoms with Gasteiger partial charge in [-0.25, -0.2) is 0 Å².